The molecule has 0 radical (unpaired) electrons. The molecular weight excluding hydrogens is 321 g/mol. The molecule has 1 aromatic rings. The molecule has 0 aromatic heterocycles. The van der Waals surface area contributed by atoms with Crippen LogP contribution in [0.15, 0.2) is 36.4 Å². The van der Waals surface area contributed by atoms with Gasteiger partial charge in [0.1, 0.15) is 0 Å². The fraction of sp³-hybridized carbons (Fsp3) is 0.500. The van der Waals surface area contributed by atoms with Gasteiger partial charge in [-0.3, -0.25) is 0 Å². The largest absolute Gasteiger partial charge is 0.463 e. The van der Waals surface area contributed by atoms with Crippen molar-refractivity contribution < 1.29 is 27.4 Å². The van der Waals surface area contributed by atoms with Gasteiger partial charge in [0.05, 0.1) is 24.9 Å². The van der Waals surface area contributed by atoms with Crippen molar-refractivity contribution in [2.75, 3.05) is 6.61 Å². The monoisotopic (exact) mass is 344 g/mol. The molecule has 0 spiro atoms. The molecule has 0 fully saturated rings. The highest BCUT2D eigenvalue weighted by atomic mass is 19.4. The number of carbonyl (C=O) groups excluding carboxylic acids is 1. The van der Waals surface area contributed by atoms with E-state index in [-0.39, 0.29) is 25.2 Å². The van der Waals surface area contributed by atoms with Crippen LogP contribution < -0.4 is 0 Å². The molecule has 0 aliphatic carbocycles. The summed E-state index contributed by atoms with van der Waals surface area (Å²) >= 11 is 0. The van der Waals surface area contributed by atoms with E-state index in [1.807, 2.05) is 13.8 Å². The first kappa shape index (κ1) is 20.2. The second-order valence-corrected chi connectivity index (χ2v) is 5.82. The molecule has 0 aliphatic rings. The molecule has 6 heteroatoms. The standard InChI is InChI=1S/C18H23F3O3/c1-5-23-17(22)13(4)10-16(12(2)3)24-11-14-6-8-15(9-7-14)18(19,20)21/h6-9,12,16H,4-5,10-11H2,1-3H3. The Labute approximate surface area is 140 Å². The van der Waals surface area contributed by atoms with Gasteiger partial charge in [0.25, 0.3) is 0 Å². The first-order valence-corrected chi connectivity index (χ1v) is 7.77. The van der Waals surface area contributed by atoms with E-state index in [1.54, 1.807) is 6.92 Å². The van der Waals surface area contributed by atoms with E-state index in [0.29, 0.717) is 17.6 Å². The number of alkyl halides is 3. The predicted molar refractivity (Wildman–Crippen MR) is 85.2 cm³/mol. The Hall–Kier alpha value is -1.82. The molecule has 134 valence electrons. The second-order valence-electron chi connectivity index (χ2n) is 5.82. The number of benzene rings is 1. The first-order chi connectivity index (χ1) is 11.1. The number of hydrogen-bond acceptors (Lipinski definition) is 3. The van der Waals surface area contributed by atoms with E-state index in [4.69, 9.17) is 9.47 Å². The molecule has 0 N–H and O–H groups in total. The molecule has 0 bridgehead atoms. The van der Waals surface area contributed by atoms with Crippen LogP contribution in [0.4, 0.5) is 13.2 Å². The van der Waals surface area contributed by atoms with Crippen molar-refractivity contribution in [1.29, 1.82) is 0 Å². The summed E-state index contributed by atoms with van der Waals surface area (Å²) in [4.78, 5) is 11.6. The quantitative estimate of drug-likeness (QED) is 0.504. The lowest BCUT2D eigenvalue weighted by atomic mass is 9.99. The van der Waals surface area contributed by atoms with E-state index in [2.05, 4.69) is 6.58 Å². The average Bonchev–Trinajstić information content (AvgIpc) is 2.50. The van der Waals surface area contributed by atoms with Crippen LogP contribution in [0.5, 0.6) is 0 Å². The zero-order chi connectivity index (χ0) is 18.3. The zero-order valence-corrected chi connectivity index (χ0v) is 14.2. The van der Waals surface area contributed by atoms with E-state index >= 15 is 0 Å². The fourth-order valence-electron chi connectivity index (χ4n) is 2.04. The molecule has 1 atom stereocenters. The van der Waals surface area contributed by atoms with E-state index in [1.165, 1.54) is 12.1 Å². The maximum atomic E-state index is 12.5. The normalized spacial score (nSPS) is 13.0. The minimum absolute atomic E-state index is 0.116. The van der Waals surface area contributed by atoms with Crippen molar-refractivity contribution in [3.05, 3.63) is 47.5 Å². The van der Waals surface area contributed by atoms with Crippen LogP contribution in [0.1, 0.15) is 38.3 Å². The third-order valence-electron chi connectivity index (χ3n) is 3.50. The number of hydrogen-bond donors (Lipinski definition) is 0. The van der Waals surface area contributed by atoms with Crippen LogP contribution in [-0.4, -0.2) is 18.7 Å². The smallest absolute Gasteiger partial charge is 0.416 e. The highest BCUT2D eigenvalue weighted by molar-refractivity contribution is 5.87. The molecular formula is C18H23F3O3. The first-order valence-electron chi connectivity index (χ1n) is 7.77. The van der Waals surface area contributed by atoms with Crippen molar-refractivity contribution in [2.24, 2.45) is 5.92 Å². The van der Waals surface area contributed by atoms with Gasteiger partial charge in [0.2, 0.25) is 0 Å². The van der Waals surface area contributed by atoms with E-state index in [0.717, 1.165) is 12.1 Å². The van der Waals surface area contributed by atoms with Gasteiger partial charge in [0.15, 0.2) is 0 Å². The summed E-state index contributed by atoms with van der Waals surface area (Å²) in [6, 6.07) is 4.84. The lowest BCUT2D eigenvalue weighted by molar-refractivity contribution is -0.139. The van der Waals surface area contributed by atoms with Crippen molar-refractivity contribution in [2.45, 2.75) is 46.1 Å². The minimum Gasteiger partial charge on any atom is -0.463 e. The van der Waals surface area contributed by atoms with Gasteiger partial charge in [-0.2, -0.15) is 13.2 Å². The Morgan fingerprint density at radius 1 is 1.21 bits per heavy atom. The number of ether oxygens (including phenoxy) is 2. The summed E-state index contributed by atoms with van der Waals surface area (Å²) in [5, 5.41) is 0. The molecule has 0 heterocycles. The lowest BCUT2D eigenvalue weighted by Crippen LogP contribution is -2.23. The van der Waals surface area contributed by atoms with Crippen LogP contribution in [0.3, 0.4) is 0 Å². The number of halogens is 3. The molecule has 1 unspecified atom stereocenters. The van der Waals surface area contributed by atoms with Gasteiger partial charge in [-0.15, -0.1) is 0 Å². The van der Waals surface area contributed by atoms with Crippen molar-refractivity contribution in [3.8, 4) is 0 Å². The van der Waals surface area contributed by atoms with Crippen LogP contribution in [-0.2, 0) is 27.1 Å². The van der Waals surface area contributed by atoms with E-state index in [9.17, 15) is 18.0 Å². The van der Waals surface area contributed by atoms with Crippen LogP contribution >= 0.6 is 0 Å². The summed E-state index contributed by atoms with van der Waals surface area (Å²) in [7, 11) is 0. The van der Waals surface area contributed by atoms with Crippen molar-refractivity contribution in [1.82, 2.24) is 0 Å². The number of esters is 1. The summed E-state index contributed by atoms with van der Waals surface area (Å²) in [6.07, 6.45) is -4.31. The van der Waals surface area contributed by atoms with Gasteiger partial charge in [-0.25, -0.2) is 4.79 Å². The number of rotatable bonds is 8. The predicted octanol–water partition coefficient (Wildman–Crippen LogP) is 4.76. The summed E-state index contributed by atoms with van der Waals surface area (Å²) in [5.41, 5.74) is 0.265. The minimum atomic E-state index is -4.35. The molecule has 24 heavy (non-hydrogen) atoms. The molecule has 0 saturated carbocycles. The van der Waals surface area contributed by atoms with Gasteiger partial charge in [0, 0.05) is 12.0 Å². The van der Waals surface area contributed by atoms with Gasteiger partial charge >= 0.3 is 12.1 Å². The molecule has 0 aliphatic heterocycles. The van der Waals surface area contributed by atoms with Gasteiger partial charge in [-0.1, -0.05) is 32.6 Å². The Balaban J connectivity index is 2.63. The third-order valence-corrected chi connectivity index (χ3v) is 3.50. The fourth-order valence-corrected chi connectivity index (χ4v) is 2.04. The summed E-state index contributed by atoms with van der Waals surface area (Å²) in [5.74, 6) is -0.341. The third kappa shape index (κ3) is 6.35. The van der Waals surface area contributed by atoms with Gasteiger partial charge in [-0.05, 0) is 30.5 Å². The number of carbonyl (C=O) groups is 1. The highest BCUT2D eigenvalue weighted by Gasteiger charge is 2.30. The zero-order valence-electron chi connectivity index (χ0n) is 14.2. The second kappa shape index (κ2) is 8.87. The summed E-state index contributed by atoms with van der Waals surface area (Å²) < 4.78 is 48.3. The van der Waals surface area contributed by atoms with Crippen LogP contribution in [0.25, 0.3) is 0 Å². The Kier molecular flexibility index (Phi) is 7.48. The Bertz CT molecular complexity index is 548. The van der Waals surface area contributed by atoms with Crippen LogP contribution in [0.2, 0.25) is 0 Å². The maximum Gasteiger partial charge on any atom is 0.416 e. The molecule has 0 saturated heterocycles. The molecule has 0 amide bonds. The topological polar surface area (TPSA) is 35.5 Å². The lowest BCUT2D eigenvalue weighted by Gasteiger charge is -2.22. The average molecular weight is 344 g/mol. The highest BCUT2D eigenvalue weighted by Crippen LogP contribution is 2.29. The molecule has 3 nitrogen and oxygen atoms in total. The molecule has 1 rings (SSSR count). The van der Waals surface area contributed by atoms with E-state index < -0.39 is 17.7 Å². The van der Waals surface area contributed by atoms with Crippen LogP contribution in [0, 0.1) is 5.92 Å². The summed E-state index contributed by atoms with van der Waals surface area (Å²) in [6.45, 7) is 9.74. The SMILES string of the molecule is C=C(CC(OCc1ccc(C(F)(F)F)cc1)C(C)C)C(=O)OCC. The van der Waals surface area contributed by atoms with Crippen molar-refractivity contribution in [3.63, 3.8) is 0 Å². The Morgan fingerprint density at radius 2 is 1.79 bits per heavy atom. The van der Waals surface area contributed by atoms with Gasteiger partial charge < -0.3 is 9.47 Å². The Morgan fingerprint density at radius 3 is 2.25 bits per heavy atom. The van der Waals surface area contributed by atoms with Crippen molar-refractivity contribution >= 4 is 5.97 Å². The molecule has 1 aromatic carbocycles. The maximum absolute atomic E-state index is 12.5.